The number of anilines is 1. The van der Waals surface area contributed by atoms with Crippen LogP contribution in [0.2, 0.25) is 0 Å². The zero-order chi connectivity index (χ0) is 20.0. The van der Waals surface area contributed by atoms with Crippen LogP contribution in [0.25, 0.3) is 0 Å². The predicted octanol–water partition coefficient (Wildman–Crippen LogP) is 0.402. The summed E-state index contributed by atoms with van der Waals surface area (Å²) < 4.78 is 9.80. The summed E-state index contributed by atoms with van der Waals surface area (Å²) in [7, 11) is 0. The summed E-state index contributed by atoms with van der Waals surface area (Å²) in [4.78, 5) is 49.3. The van der Waals surface area contributed by atoms with Crippen molar-refractivity contribution in [2.45, 2.75) is 31.6 Å². The number of quaternary nitrogens is 1. The number of imide groups is 1. The first-order valence-corrected chi connectivity index (χ1v) is 9.69. The highest BCUT2D eigenvalue weighted by molar-refractivity contribution is 8.00. The number of carbonyl (C=O) groups excluding carboxylic acids is 4. The number of ether oxygens (including phenoxy) is 2. The molecule has 2 rings (SSSR count). The maximum Gasteiger partial charge on any atom is 0.365 e. The van der Waals surface area contributed by atoms with Crippen molar-refractivity contribution in [2.75, 3.05) is 23.9 Å². The number of thioether (sulfide) groups is 1. The third-order valence-electron chi connectivity index (χ3n) is 3.86. The van der Waals surface area contributed by atoms with Crippen LogP contribution in [0.5, 0.6) is 0 Å². The van der Waals surface area contributed by atoms with E-state index in [0.29, 0.717) is 11.3 Å². The monoisotopic (exact) mass is 395 g/mol. The predicted molar refractivity (Wildman–Crippen MR) is 99.1 cm³/mol. The minimum Gasteiger partial charge on any atom is -0.462 e. The fraction of sp³-hybridized carbons (Fsp3) is 0.444. The van der Waals surface area contributed by atoms with E-state index in [0.717, 1.165) is 4.90 Å². The molecule has 27 heavy (non-hydrogen) atoms. The molecule has 1 aromatic rings. The smallest absolute Gasteiger partial charge is 0.365 e. The summed E-state index contributed by atoms with van der Waals surface area (Å²) >= 11 is 1.22. The summed E-state index contributed by atoms with van der Waals surface area (Å²) in [5.74, 6) is -1.26. The molecule has 1 heterocycles. The van der Waals surface area contributed by atoms with E-state index in [1.807, 2.05) is 0 Å². The van der Waals surface area contributed by atoms with Crippen molar-refractivity contribution in [3.05, 3.63) is 29.8 Å². The van der Waals surface area contributed by atoms with Crippen LogP contribution in [0, 0.1) is 0 Å². The highest BCUT2D eigenvalue weighted by Gasteiger charge is 2.40. The molecule has 1 fully saturated rings. The van der Waals surface area contributed by atoms with Gasteiger partial charge in [0.05, 0.1) is 35.5 Å². The number of hydrogen-bond donors (Lipinski definition) is 1. The molecule has 2 amide bonds. The number of esters is 2. The Balaban J connectivity index is 2.01. The van der Waals surface area contributed by atoms with Crippen molar-refractivity contribution in [1.29, 1.82) is 0 Å². The highest BCUT2D eigenvalue weighted by Crippen LogP contribution is 2.30. The fourth-order valence-corrected chi connectivity index (χ4v) is 3.64. The zero-order valence-electron chi connectivity index (χ0n) is 15.3. The second-order valence-electron chi connectivity index (χ2n) is 5.81. The summed E-state index contributed by atoms with van der Waals surface area (Å²) in [5, 5.41) is -0.569. The van der Waals surface area contributed by atoms with Gasteiger partial charge < -0.3 is 15.2 Å². The van der Waals surface area contributed by atoms with Crippen molar-refractivity contribution in [1.82, 2.24) is 0 Å². The number of carbonyl (C=O) groups is 4. The number of nitrogens with zero attached hydrogens (tertiary/aromatic N) is 1. The topological polar surface area (TPSA) is 118 Å². The van der Waals surface area contributed by atoms with E-state index in [-0.39, 0.29) is 37.2 Å². The summed E-state index contributed by atoms with van der Waals surface area (Å²) in [6, 6.07) is 5.51. The van der Waals surface area contributed by atoms with Crippen molar-refractivity contribution in [2.24, 2.45) is 0 Å². The van der Waals surface area contributed by atoms with E-state index in [9.17, 15) is 19.2 Å². The molecule has 9 heteroatoms. The Bertz CT molecular complexity index is 721. The third-order valence-corrected chi connectivity index (χ3v) is 5.23. The maximum atomic E-state index is 12.6. The lowest BCUT2D eigenvalue weighted by molar-refractivity contribution is -0.401. The molecular weight excluding hydrogens is 372 g/mol. The van der Waals surface area contributed by atoms with Gasteiger partial charge in [-0.3, -0.25) is 9.59 Å². The quantitative estimate of drug-likeness (QED) is 0.500. The van der Waals surface area contributed by atoms with Crippen LogP contribution in [-0.2, 0) is 23.9 Å². The first-order chi connectivity index (χ1) is 12.9. The molecule has 1 aliphatic heterocycles. The third kappa shape index (κ3) is 5.08. The second-order valence-corrected chi connectivity index (χ2v) is 7.05. The second kappa shape index (κ2) is 9.52. The molecule has 146 valence electrons. The van der Waals surface area contributed by atoms with Gasteiger partial charge in [-0.2, -0.15) is 0 Å². The Kier molecular flexibility index (Phi) is 7.37. The Morgan fingerprint density at radius 2 is 1.81 bits per heavy atom. The van der Waals surface area contributed by atoms with E-state index < -0.39 is 23.2 Å². The van der Waals surface area contributed by atoms with Crippen LogP contribution < -0.4 is 10.6 Å². The van der Waals surface area contributed by atoms with E-state index in [1.54, 1.807) is 13.8 Å². The molecule has 0 radical (unpaired) electrons. The molecule has 1 saturated heterocycles. The molecule has 0 saturated carbocycles. The molecule has 1 aliphatic rings. The average Bonchev–Trinajstić information content (AvgIpc) is 2.93. The van der Waals surface area contributed by atoms with Crippen molar-refractivity contribution in [3.63, 3.8) is 0 Å². The van der Waals surface area contributed by atoms with Crippen LogP contribution in [0.4, 0.5) is 5.69 Å². The van der Waals surface area contributed by atoms with Crippen LogP contribution in [0.3, 0.4) is 0 Å². The van der Waals surface area contributed by atoms with Crippen LogP contribution in [0.15, 0.2) is 24.3 Å². The summed E-state index contributed by atoms with van der Waals surface area (Å²) in [5.41, 5.74) is 4.48. The molecule has 0 bridgehead atoms. The van der Waals surface area contributed by atoms with Gasteiger partial charge in [0.2, 0.25) is 11.8 Å². The van der Waals surface area contributed by atoms with Crippen LogP contribution in [-0.4, -0.2) is 54.0 Å². The molecule has 0 aliphatic carbocycles. The van der Waals surface area contributed by atoms with Gasteiger partial charge in [-0.15, -0.1) is 11.8 Å². The van der Waals surface area contributed by atoms with Gasteiger partial charge in [-0.05, 0) is 38.1 Å². The van der Waals surface area contributed by atoms with E-state index in [2.05, 4.69) is 5.73 Å². The Labute approximate surface area is 161 Å². The summed E-state index contributed by atoms with van der Waals surface area (Å²) in [6.45, 7) is 3.96. The fourth-order valence-electron chi connectivity index (χ4n) is 2.53. The minimum atomic E-state index is -0.601. The van der Waals surface area contributed by atoms with Crippen LogP contribution in [0.1, 0.15) is 30.6 Å². The average molecular weight is 395 g/mol. The number of amides is 2. The molecule has 0 spiro atoms. The van der Waals surface area contributed by atoms with E-state index in [1.165, 1.54) is 36.0 Å². The SMILES string of the molecule is CCOC(=O)c1ccc(N2C(=O)C[C@H](SC[C@@H]([NH3+])C(=O)OCC)C2=O)cc1. The number of rotatable bonds is 8. The van der Waals surface area contributed by atoms with Crippen molar-refractivity contribution >= 4 is 41.2 Å². The Morgan fingerprint density at radius 3 is 2.41 bits per heavy atom. The van der Waals surface area contributed by atoms with Gasteiger partial charge in [0, 0.05) is 6.42 Å². The number of benzene rings is 1. The first-order valence-electron chi connectivity index (χ1n) is 8.64. The minimum absolute atomic E-state index is 0.0542. The molecule has 8 nitrogen and oxygen atoms in total. The molecular formula is C18H23N2O6S+. The lowest BCUT2D eigenvalue weighted by Gasteiger charge is -2.15. The molecule has 0 aromatic heterocycles. The van der Waals surface area contributed by atoms with Crippen molar-refractivity contribution in [3.8, 4) is 0 Å². The van der Waals surface area contributed by atoms with Gasteiger partial charge in [0.25, 0.3) is 0 Å². The van der Waals surface area contributed by atoms with E-state index in [4.69, 9.17) is 9.47 Å². The normalized spacial score (nSPS) is 17.7. The molecule has 3 N–H and O–H groups in total. The van der Waals surface area contributed by atoms with Gasteiger partial charge >= 0.3 is 11.9 Å². The van der Waals surface area contributed by atoms with Crippen molar-refractivity contribution < 1.29 is 34.4 Å². The van der Waals surface area contributed by atoms with Crippen LogP contribution >= 0.6 is 11.8 Å². The van der Waals surface area contributed by atoms with Gasteiger partial charge in [-0.1, -0.05) is 0 Å². The van der Waals surface area contributed by atoms with Gasteiger partial charge in [-0.25, -0.2) is 14.5 Å². The highest BCUT2D eigenvalue weighted by atomic mass is 32.2. The standard InChI is InChI=1S/C18H22N2O6S/c1-3-25-17(23)11-5-7-12(8-6-11)20-15(21)9-14(16(20)22)27-10-13(19)18(24)26-4-2/h5-8,13-14H,3-4,9-10,19H2,1-2H3/p+1/t13-,14+/m1/s1. The number of hydrogen-bond acceptors (Lipinski definition) is 7. The Morgan fingerprint density at radius 1 is 1.19 bits per heavy atom. The maximum absolute atomic E-state index is 12.6. The first kappa shape index (κ1) is 20.9. The van der Waals surface area contributed by atoms with Gasteiger partial charge in [0.15, 0.2) is 6.04 Å². The van der Waals surface area contributed by atoms with Gasteiger partial charge in [0.1, 0.15) is 0 Å². The lowest BCUT2D eigenvalue weighted by atomic mass is 10.2. The zero-order valence-corrected chi connectivity index (χ0v) is 16.1. The summed E-state index contributed by atoms with van der Waals surface area (Å²) in [6.07, 6.45) is 0.0542. The lowest BCUT2D eigenvalue weighted by Crippen LogP contribution is -2.66. The van der Waals surface area contributed by atoms with E-state index >= 15 is 0 Å². The molecule has 2 atom stereocenters. The molecule has 0 unspecified atom stereocenters. The Hall–Kier alpha value is -2.39. The largest absolute Gasteiger partial charge is 0.462 e. The molecule has 1 aromatic carbocycles.